The van der Waals surface area contributed by atoms with Gasteiger partial charge in [-0.3, -0.25) is 4.79 Å². The lowest BCUT2D eigenvalue weighted by Crippen LogP contribution is -2.49. The molecule has 0 aromatic heterocycles. The molecule has 3 heterocycles. The largest absolute Gasteiger partial charge is 0.353 e. The van der Waals surface area contributed by atoms with Crippen LogP contribution in [0.15, 0.2) is 0 Å². The zero-order valence-electron chi connectivity index (χ0n) is 13.5. The Balaban J connectivity index is 1.38. The van der Waals surface area contributed by atoms with Crippen molar-refractivity contribution in [3.63, 3.8) is 0 Å². The molecule has 3 fully saturated rings. The minimum absolute atomic E-state index is 0.271. The molecular formula is C17H31N3O. The van der Waals surface area contributed by atoms with Gasteiger partial charge in [-0.1, -0.05) is 12.8 Å². The second-order valence-corrected chi connectivity index (χ2v) is 7.29. The number of nitrogens with zero attached hydrogens (tertiary/aromatic N) is 2. The van der Waals surface area contributed by atoms with Crippen molar-refractivity contribution in [3.05, 3.63) is 0 Å². The Hall–Kier alpha value is -0.610. The van der Waals surface area contributed by atoms with Crippen molar-refractivity contribution in [2.24, 2.45) is 0 Å². The molecule has 0 saturated carbocycles. The van der Waals surface area contributed by atoms with Gasteiger partial charge in [0.1, 0.15) is 0 Å². The minimum Gasteiger partial charge on any atom is -0.353 e. The number of hydrogen-bond donors (Lipinski definition) is 1. The highest BCUT2D eigenvalue weighted by Crippen LogP contribution is 2.34. The van der Waals surface area contributed by atoms with Crippen LogP contribution in [0.5, 0.6) is 0 Å². The Labute approximate surface area is 129 Å². The molecule has 0 spiro atoms. The monoisotopic (exact) mass is 293 g/mol. The predicted molar refractivity (Wildman–Crippen MR) is 85.3 cm³/mol. The van der Waals surface area contributed by atoms with Gasteiger partial charge in [0.05, 0.1) is 0 Å². The first-order valence-electron chi connectivity index (χ1n) is 8.96. The van der Waals surface area contributed by atoms with Crippen LogP contribution in [0.2, 0.25) is 0 Å². The van der Waals surface area contributed by atoms with E-state index in [1.54, 1.807) is 0 Å². The number of carbonyl (C=O) groups is 1. The van der Waals surface area contributed by atoms with Gasteiger partial charge in [-0.05, 0) is 58.7 Å². The van der Waals surface area contributed by atoms with Crippen LogP contribution in [-0.2, 0) is 4.79 Å². The topological polar surface area (TPSA) is 35.6 Å². The van der Waals surface area contributed by atoms with Crippen LogP contribution in [-0.4, -0.2) is 60.5 Å². The second kappa shape index (κ2) is 7.10. The van der Waals surface area contributed by atoms with E-state index in [-0.39, 0.29) is 5.91 Å². The summed E-state index contributed by atoms with van der Waals surface area (Å²) in [5.41, 5.74) is 0. The molecule has 3 aliphatic rings. The Morgan fingerprint density at radius 3 is 2.29 bits per heavy atom. The summed E-state index contributed by atoms with van der Waals surface area (Å²) in [6, 6.07) is 1.84. The molecule has 3 saturated heterocycles. The first kappa shape index (κ1) is 15.3. The maximum Gasteiger partial charge on any atom is 0.221 e. The fourth-order valence-corrected chi connectivity index (χ4v) is 4.45. The summed E-state index contributed by atoms with van der Waals surface area (Å²) in [5, 5.41) is 3.30. The van der Waals surface area contributed by atoms with E-state index in [1.165, 1.54) is 51.6 Å². The Morgan fingerprint density at radius 1 is 1.05 bits per heavy atom. The highest BCUT2D eigenvalue weighted by molar-refractivity contribution is 5.76. The highest BCUT2D eigenvalue weighted by Gasteiger charge is 2.38. The number of likely N-dealkylation sites (tertiary alicyclic amines) is 1. The first-order chi connectivity index (χ1) is 10.2. The lowest BCUT2D eigenvalue weighted by Gasteiger charge is -2.36. The van der Waals surface area contributed by atoms with Gasteiger partial charge in [0.2, 0.25) is 5.91 Å². The molecule has 0 aromatic carbocycles. The summed E-state index contributed by atoms with van der Waals surface area (Å²) in [6.45, 7) is 3.32. The molecule has 0 aliphatic carbocycles. The number of fused-ring (bicyclic) bond motifs is 2. The number of hydrogen-bond acceptors (Lipinski definition) is 3. The van der Waals surface area contributed by atoms with Crippen LogP contribution >= 0.6 is 0 Å². The molecule has 2 bridgehead atoms. The number of piperidine rings is 1. The van der Waals surface area contributed by atoms with E-state index in [9.17, 15) is 4.79 Å². The summed E-state index contributed by atoms with van der Waals surface area (Å²) < 4.78 is 0. The Kier molecular flexibility index (Phi) is 5.17. The zero-order valence-corrected chi connectivity index (χ0v) is 13.5. The molecule has 2 unspecified atom stereocenters. The summed E-state index contributed by atoms with van der Waals surface area (Å²) in [6.07, 6.45) is 11.0. The molecule has 0 radical (unpaired) electrons. The third-order valence-electron chi connectivity index (χ3n) is 5.82. The van der Waals surface area contributed by atoms with E-state index >= 15 is 0 Å². The summed E-state index contributed by atoms with van der Waals surface area (Å²) >= 11 is 0. The van der Waals surface area contributed by atoms with Gasteiger partial charge in [0.15, 0.2) is 0 Å². The molecule has 120 valence electrons. The average Bonchev–Trinajstić information content (AvgIpc) is 2.72. The number of carbonyl (C=O) groups excluding carboxylic acids is 1. The normalized spacial score (nSPS) is 34.6. The van der Waals surface area contributed by atoms with Crippen molar-refractivity contribution in [1.82, 2.24) is 15.1 Å². The van der Waals surface area contributed by atoms with Crippen LogP contribution in [0, 0.1) is 0 Å². The first-order valence-corrected chi connectivity index (χ1v) is 8.96. The number of nitrogens with one attached hydrogen (secondary N) is 1. The fraction of sp³-hybridized carbons (Fsp3) is 0.941. The average molecular weight is 293 g/mol. The molecule has 3 rings (SSSR count). The summed E-state index contributed by atoms with van der Waals surface area (Å²) in [7, 11) is 2.25. The molecular weight excluding hydrogens is 262 g/mol. The zero-order chi connectivity index (χ0) is 14.7. The standard InChI is InChI=1S/C17H31N3O/c1-19-15-6-7-16(19)13-14(12-15)18-17(21)8-11-20-9-4-2-3-5-10-20/h14-16H,2-13H2,1H3,(H,18,21). The van der Waals surface area contributed by atoms with Crippen molar-refractivity contribution in [2.45, 2.75) is 75.9 Å². The van der Waals surface area contributed by atoms with Crippen molar-refractivity contribution in [1.29, 1.82) is 0 Å². The van der Waals surface area contributed by atoms with E-state index < -0.39 is 0 Å². The number of rotatable bonds is 4. The van der Waals surface area contributed by atoms with Crippen LogP contribution in [0.1, 0.15) is 57.8 Å². The molecule has 3 aliphatic heterocycles. The molecule has 1 N–H and O–H groups in total. The van der Waals surface area contributed by atoms with Crippen LogP contribution in [0.4, 0.5) is 0 Å². The van der Waals surface area contributed by atoms with E-state index in [2.05, 4.69) is 22.2 Å². The molecule has 4 heteroatoms. The third kappa shape index (κ3) is 3.98. The van der Waals surface area contributed by atoms with Gasteiger partial charge < -0.3 is 15.1 Å². The maximum absolute atomic E-state index is 12.2. The Morgan fingerprint density at radius 2 is 1.67 bits per heavy atom. The second-order valence-electron chi connectivity index (χ2n) is 7.29. The van der Waals surface area contributed by atoms with E-state index in [0.717, 1.165) is 19.4 Å². The van der Waals surface area contributed by atoms with Gasteiger partial charge in [-0.2, -0.15) is 0 Å². The molecule has 2 atom stereocenters. The van der Waals surface area contributed by atoms with Crippen molar-refractivity contribution >= 4 is 5.91 Å². The maximum atomic E-state index is 12.2. The van der Waals surface area contributed by atoms with E-state index in [4.69, 9.17) is 0 Å². The van der Waals surface area contributed by atoms with E-state index in [1.807, 2.05) is 0 Å². The van der Waals surface area contributed by atoms with Crippen LogP contribution in [0.25, 0.3) is 0 Å². The lowest BCUT2D eigenvalue weighted by molar-refractivity contribution is -0.122. The predicted octanol–water partition coefficient (Wildman–Crippen LogP) is 1.99. The number of amides is 1. The highest BCUT2D eigenvalue weighted by atomic mass is 16.1. The fourth-order valence-electron chi connectivity index (χ4n) is 4.45. The van der Waals surface area contributed by atoms with Gasteiger partial charge in [0, 0.05) is 31.1 Å². The van der Waals surface area contributed by atoms with Gasteiger partial charge in [-0.25, -0.2) is 0 Å². The van der Waals surface area contributed by atoms with Crippen LogP contribution < -0.4 is 5.32 Å². The van der Waals surface area contributed by atoms with Gasteiger partial charge in [0.25, 0.3) is 0 Å². The summed E-state index contributed by atoms with van der Waals surface area (Å²) in [5.74, 6) is 0.271. The van der Waals surface area contributed by atoms with Gasteiger partial charge in [-0.15, -0.1) is 0 Å². The summed E-state index contributed by atoms with van der Waals surface area (Å²) in [4.78, 5) is 17.2. The molecule has 1 amide bonds. The quantitative estimate of drug-likeness (QED) is 0.861. The van der Waals surface area contributed by atoms with E-state index in [0.29, 0.717) is 24.5 Å². The molecule has 21 heavy (non-hydrogen) atoms. The third-order valence-corrected chi connectivity index (χ3v) is 5.82. The minimum atomic E-state index is 0.271. The lowest BCUT2D eigenvalue weighted by atomic mass is 9.98. The molecule has 0 aromatic rings. The smallest absolute Gasteiger partial charge is 0.221 e. The van der Waals surface area contributed by atoms with Crippen molar-refractivity contribution < 1.29 is 4.79 Å². The van der Waals surface area contributed by atoms with Crippen LogP contribution in [0.3, 0.4) is 0 Å². The Bertz CT molecular complexity index is 338. The SMILES string of the molecule is CN1C2CCC1CC(NC(=O)CCN1CCCCCC1)C2. The van der Waals surface area contributed by atoms with Crippen molar-refractivity contribution in [2.75, 3.05) is 26.7 Å². The van der Waals surface area contributed by atoms with Gasteiger partial charge >= 0.3 is 0 Å². The molecule has 4 nitrogen and oxygen atoms in total. The van der Waals surface area contributed by atoms with Crippen molar-refractivity contribution in [3.8, 4) is 0 Å².